The van der Waals surface area contributed by atoms with Crippen molar-refractivity contribution >= 4 is 11.8 Å². The molecule has 0 atom stereocenters. The number of nitrogens with zero attached hydrogens (tertiary/aromatic N) is 2. The molecule has 0 aliphatic rings. The highest BCUT2D eigenvalue weighted by atomic mass is 32.2. The Balaban J connectivity index is 2.29. The van der Waals surface area contributed by atoms with Crippen molar-refractivity contribution in [3.8, 4) is 0 Å². The zero-order valence-corrected chi connectivity index (χ0v) is 9.95. The molecule has 1 aromatic carbocycles. The van der Waals surface area contributed by atoms with Crippen LogP contribution in [0, 0.1) is 5.82 Å². The molecule has 3 nitrogen and oxygen atoms in total. The standard InChI is InChI=1S/C12H12FN3S/c13-10-3-1-4-11(9(10)5-6-14)17-12-15-7-2-8-16-12/h1-4,7-8H,5-6,14H2. The Hall–Kier alpha value is -1.46. The zero-order chi connectivity index (χ0) is 12.1. The number of benzene rings is 1. The summed E-state index contributed by atoms with van der Waals surface area (Å²) in [6.45, 7) is 0.421. The number of rotatable bonds is 4. The van der Waals surface area contributed by atoms with Crippen molar-refractivity contribution < 1.29 is 4.39 Å². The number of hydrogen-bond donors (Lipinski definition) is 1. The van der Waals surface area contributed by atoms with Gasteiger partial charge in [0.15, 0.2) is 5.16 Å². The highest BCUT2D eigenvalue weighted by Crippen LogP contribution is 2.29. The lowest BCUT2D eigenvalue weighted by Crippen LogP contribution is -2.05. The predicted octanol–water partition coefficient (Wildman–Crippen LogP) is 2.27. The van der Waals surface area contributed by atoms with E-state index in [1.54, 1.807) is 24.5 Å². The largest absolute Gasteiger partial charge is 0.330 e. The summed E-state index contributed by atoms with van der Waals surface area (Å²) in [5, 5.41) is 0.608. The maximum absolute atomic E-state index is 13.6. The first-order valence-electron chi connectivity index (χ1n) is 5.23. The number of nitrogens with two attached hydrogens (primary N) is 1. The smallest absolute Gasteiger partial charge is 0.192 e. The molecule has 0 saturated carbocycles. The first kappa shape index (κ1) is 12.0. The minimum Gasteiger partial charge on any atom is -0.330 e. The van der Waals surface area contributed by atoms with Crippen LogP contribution in [0.5, 0.6) is 0 Å². The lowest BCUT2D eigenvalue weighted by molar-refractivity contribution is 0.603. The van der Waals surface area contributed by atoms with Crippen LogP contribution in [0.2, 0.25) is 0 Å². The molecule has 2 N–H and O–H groups in total. The molecule has 0 radical (unpaired) electrons. The summed E-state index contributed by atoms with van der Waals surface area (Å²) in [6.07, 6.45) is 3.84. The summed E-state index contributed by atoms with van der Waals surface area (Å²) in [5.74, 6) is -0.226. The van der Waals surface area contributed by atoms with E-state index in [-0.39, 0.29) is 5.82 Å². The van der Waals surface area contributed by atoms with Gasteiger partial charge in [-0.2, -0.15) is 0 Å². The molecule has 0 saturated heterocycles. The van der Waals surface area contributed by atoms with Gasteiger partial charge in [-0.1, -0.05) is 6.07 Å². The van der Waals surface area contributed by atoms with E-state index in [0.29, 0.717) is 23.7 Å². The molecule has 0 aliphatic carbocycles. The van der Waals surface area contributed by atoms with Crippen molar-refractivity contribution in [2.45, 2.75) is 16.5 Å². The molecular formula is C12H12FN3S. The first-order valence-corrected chi connectivity index (χ1v) is 6.05. The third-order valence-corrected chi connectivity index (χ3v) is 3.21. The van der Waals surface area contributed by atoms with Gasteiger partial charge in [-0.05, 0) is 42.9 Å². The molecule has 1 aromatic heterocycles. The van der Waals surface area contributed by atoms with Crippen molar-refractivity contribution in [2.75, 3.05) is 6.54 Å². The maximum Gasteiger partial charge on any atom is 0.192 e. The highest BCUT2D eigenvalue weighted by molar-refractivity contribution is 7.99. The van der Waals surface area contributed by atoms with Crippen LogP contribution in [-0.4, -0.2) is 16.5 Å². The number of aromatic nitrogens is 2. The minimum absolute atomic E-state index is 0.226. The van der Waals surface area contributed by atoms with Gasteiger partial charge in [0.2, 0.25) is 0 Å². The summed E-state index contributed by atoms with van der Waals surface area (Å²) >= 11 is 1.35. The topological polar surface area (TPSA) is 51.8 Å². The van der Waals surface area contributed by atoms with Crippen LogP contribution >= 0.6 is 11.8 Å². The summed E-state index contributed by atoms with van der Waals surface area (Å²) in [4.78, 5) is 9.03. The van der Waals surface area contributed by atoms with Crippen molar-refractivity contribution in [1.29, 1.82) is 0 Å². The molecule has 17 heavy (non-hydrogen) atoms. The number of halogens is 1. The van der Waals surface area contributed by atoms with Crippen LogP contribution in [0.25, 0.3) is 0 Å². The van der Waals surface area contributed by atoms with Gasteiger partial charge in [-0.15, -0.1) is 0 Å². The molecule has 0 spiro atoms. The average Bonchev–Trinajstić information content (AvgIpc) is 2.35. The van der Waals surface area contributed by atoms with Crippen LogP contribution in [0.3, 0.4) is 0 Å². The van der Waals surface area contributed by atoms with Gasteiger partial charge in [0.1, 0.15) is 5.82 Å². The molecule has 2 rings (SSSR count). The van der Waals surface area contributed by atoms with Gasteiger partial charge in [0, 0.05) is 22.9 Å². The highest BCUT2D eigenvalue weighted by Gasteiger charge is 2.09. The molecule has 0 fully saturated rings. The third-order valence-electron chi connectivity index (χ3n) is 2.21. The molecule has 0 unspecified atom stereocenters. The molecular weight excluding hydrogens is 237 g/mol. The van der Waals surface area contributed by atoms with Crippen LogP contribution in [0.15, 0.2) is 46.7 Å². The second kappa shape index (κ2) is 5.75. The van der Waals surface area contributed by atoms with E-state index in [9.17, 15) is 4.39 Å². The summed E-state index contributed by atoms with van der Waals surface area (Å²) < 4.78 is 13.6. The molecule has 5 heteroatoms. The molecule has 0 amide bonds. The molecule has 1 heterocycles. The van der Waals surface area contributed by atoms with Gasteiger partial charge < -0.3 is 5.73 Å². The fraction of sp³-hybridized carbons (Fsp3) is 0.167. The fourth-order valence-corrected chi connectivity index (χ4v) is 2.35. The van der Waals surface area contributed by atoms with Gasteiger partial charge in [-0.3, -0.25) is 0 Å². The van der Waals surface area contributed by atoms with Crippen LogP contribution < -0.4 is 5.73 Å². The van der Waals surface area contributed by atoms with Gasteiger partial charge >= 0.3 is 0 Å². The lowest BCUT2D eigenvalue weighted by atomic mass is 10.1. The van der Waals surface area contributed by atoms with E-state index in [1.165, 1.54) is 17.8 Å². The van der Waals surface area contributed by atoms with Gasteiger partial charge in [0.25, 0.3) is 0 Å². The molecule has 88 valence electrons. The fourth-order valence-electron chi connectivity index (χ4n) is 1.46. The van der Waals surface area contributed by atoms with Crippen LogP contribution in [0.4, 0.5) is 4.39 Å². The van der Waals surface area contributed by atoms with Crippen molar-refractivity contribution in [1.82, 2.24) is 9.97 Å². The Morgan fingerprint density at radius 3 is 2.65 bits per heavy atom. The lowest BCUT2D eigenvalue weighted by Gasteiger charge is -2.08. The molecule has 0 bridgehead atoms. The quantitative estimate of drug-likeness (QED) is 0.844. The Labute approximate surface area is 103 Å². The van der Waals surface area contributed by atoms with Crippen molar-refractivity contribution in [3.05, 3.63) is 48.0 Å². The SMILES string of the molecule is NCCc1c(F)cccc1Sc1ncccn1. The Kier molecular flexibility index (Phi) is 4.06. The van der Waals surface area contributed by atoms with Gasteiger partial charge in [0.05, 0.1) is 0 Å². The predicted molar refractivity (Wildman–Crippen MR) is 65.3 cm³/mol. The first-order chi connectivity index (χ1) is 8.31. The van der Waals surface area contributed by atoms with E-state index in [0.717, 1.165) is 4.90 Å². The third kappa shape index (κ3) is 3.01. The maximum atomic E-state index is 13.6. The zero-order valence-electron chi connectivity index (χ0n) is 9.14. The molecule has 2 aromatic rings. The summed E-state index contributed by atoms with van der Waals surface area (Å²) in [7, 11) is 0. The van der Waals surface area contributed by atoms with E-state index in [2.05, 4.69) is 9.97 Å². The average molecular weight is 249 g/mol. The van der Waals surface area contributed by atoms with E-state index < -0.39 is 0 Å². The van der Waals surface area contributed by atoms with E-state index >= 15 is 0 Å². The normalized spacial score (nSPS) is 10.5. The Bertz CT molecular complexity index is 490. The van der Waals surface area contributed by atoms with E-state index in [4.69, 9.17) is 5.73 Å². The number of hydrogen-bond acceptors (Lipinski definition) is 4. The summed E-state index contributed by atoms with van der Waals surface area (Å²) in [5.41, 5.74) is 6.12. The Morgan fingerprint density at radius 2 is 1.94 bits per heavy atom. The second-order valence-corrected chi connectivity index (χ2v) is 4.40. The van der Waals surface area contributed by atoms with E-state index in [1.807, 2.05) is 6.07 Å². The van der Waals surface area contributed by atoms with Gasteiger partial charge in [-0.25, -0.2) is 14.4 Å². The van der Waals surface area contributed by atoms with Crippen LogP contribution in [0.1, 0.15) is 5.56 Å². The minimum atomic E-state index is -0.226. The molecule has 0 aliphatic heterocycles. The second-order valence-electron chi connectivity index (χ2n) is 3.39. The van der Waals surface area contributed by atoms with Crippen LogP contribution in [-0.2, 0) is 6.42 Å². The summed E-state index contributed by atoms with van der Waals surface area (Å²) in [6, 6.07) is 6.73. The van der Waals surface area contributed by atoms with Crippen molar-refractivity contribution in [2.24, 2.45) is 5.73 Å². The Morgan fingerprint density at radius 1 is 1.18 bits per heavy atom. The van der Waals surface area contributed by atoms with Crippen molar-refractivity contribution in [3.63, 3.8) is 0 Å². The monoisotopic (exact) mass is 249 g/mol.